The molecule has 0 bridgehead atoms. The zero-order valence-electron chi connectivity index (χ0n) is 12.7. The number of nitrogens with zero attached hydrogens (tertiary/aromatic N) is 1. The average Bonchev–Trinajstić information content (AvgIpc) is 2.90. The van der Waals surface area contributed by atoms with Crippen molar-refractivity contribution in [1.29, 1.82) is 0 Å². The van der Waals surface area contributed by atoms with Gasteiger partial charge >= 0.3 is 0 Å². The van der Waals surface area contributed by atoms with Crippen LogP contribution in [0.5, 0.6) is 0 Å². The van der Waals surface area contributed by atoms with Gasteiger partial charge in [-0.25, -0.2) is 0 Å². The van der Waals surface area contributed by atoms with Crippen molar-refractivity contribution in [2.75, 3.05) is 6.54 Å². The van der Waals surface area contributed by atoms with Crippen LogP contribution in [-0.2, 0) is 0 Å². The molecule has 0 saturated carbocycles. The standard InChI is InChI=1S/C18H20N2O/c1-4-19-18(16-9-13(3)21-11-16)15-7-8-17-14(10-15)6-5-12(2)20-17/h5-11,18-19H,4H2,1-3H3. The Kier molecular flexibility index (Phi) is 3.76. The van der Waals surface area contributed by atoms with Gasteiger partial charge in [-0.05, 0) is 50.2 Å². The summed E-state index contributed by atoms with van der Waals surface area (Å²) in [5.41, 5.74) is 4.48. The van der Waals surface area contributed by atoms with Crippen LogP contribution in [0, 0.1) is 13.8 Å². The molecule has 3 nitrogen and oxygen atoms in total. The molecule has 2 aromatic heterocycles. The van der Waals surface area contributed by atoms with E-state index in [0.29, 0.717) is 0 Å². The number of furan rings is 1. The highest BCUT2D eigenvalue weighted by molar-refractivity contribution is 5.79. The Balaban J connectivity index is 2.04. The SMILES string of the molecule is CCNC(c1coc(C)c1)c1ccc2nc(C)ccc2c1. The number of fused-ring (bicyclic) bond motifs is 1. The van der Waals surface area contributed by atoms with E-state index >= 15 is 0 Å². The van der Waals surface area contributed by atoms with Crippen LogP contribution < -0.4 is 5.32 Å². The number of pyridine rings is 1. The number of hydrogen-bond donors (Lipinski definition) is 1. The zero-order chi connectivity index (χ0) is 14.8. The van der Waals surface area contributed by atoms with Gasteiger partial charge in [0.2, 0.25) is 0 Å². The molecule has 1 unspecified atom stereocenters. The van der Waals surface area contributed by atoms with Crippen molar-refractivity contribution in [3.05, 3.63) is 65.2 Å². The molecule has 0 radical (unpaired) electrons. The Morgan fingerprint density at radius 2 is 1.95 bits per heavy atom. The molecule has 1 aromatic carbocycles. The second-order valence-electron chi connectivity index (χ2n) is 5.39. The number of benzene rings is 1. The fourth-order valence-corrected chi connectivity index (χ4v) is 2.67. The highest BCUT2D eigenvalue weighted by Gasteiger charge is 2.15. The summed E-state index contributed by atoms with van der Waals surface area (Å²) in [6.07, 6.45) is 1.83. The summed E-state index contributed by atoms with van der Waals surface area (Å²) in [6, 6.07) is 12.9. The molecule has 0 saturated heterocycles. The Labute approximate surface area is 125 Å². The summed E-state index contributed by atoms with van der Waals surface area (Å²) in [5, 5.41) is 4.69. The predicted molar refractivity (Wildman–Crippen MR) is 85.4 cm³/mol. The average molecular weight is 280 g/mol. The minimum atomic E-state index is 0.151. The Hall–Kier alpha value is -2.13. The Bertz CT molecular complexity index is 761. The van der Waals surface area contributed by atoms with Crippen molar-refractivity contribution in [2.45, 2.75) is 26.8 Å². The van der Waals surface area contributed by atoms with E-state index in [4.69, 9.17) is 4.42 Å². The first-order valence-corrected chi connectivity index (χ1v) is 7.33. The maximum absolute atomic E-state index is 5.46. The van der Waals surface area contributed by atoms with Crippen LogP contribution in [0.3, 0.4) is 0 Å². The van der Waals surface area contributed by atoms with Crippen LogP contribution in [0.15, 0.2) is 47.1 Å². The lowest BCUT2D eigenvalue weighted by molar-refractivity contribution is 0.525. The van der Waals surface area contributed by atoms with E-state index in [9.17, 15) is 0 Å². The van der Waals surface area contributed by atoms with Gasteiger partial charge in [0.25, 0.3) is 0 Å². The highest BCUT2D eigenvalue weighted by Crippen LogP contribution is 2.26. The van der Waals surface area contributed by atoms with E-state index in [0.717, 1.165) is 29.1 Å². The molecule has 3 rings (SSSR count). The molecule has 21 heavy (non-hydrogen) atoms. The molecule has 0 aliphatic carbocycles. The van der Waals surface area contributed by atoms with E-state index in [2.05, 4.69) is 53.6 Å². The molecule has 0 aliphatic rings. The first-order valence-electron chi connectivity index (χ1n) is 7.33. The maximum Gasteiger partial charge on any atom is 0.101 e. The first-order chi connectivity index (χ1) is 10.2. The van der Waals surface area contributed by atoms with Gasteiger partial charge in [-0.2, -0.15) is 0 Å². The van der Waals surface area contributed by atoms with E-state index in [-0.39, 0.29) is 6.04 Å². The van der Waals surface area contributed by atoms with Gasteiger partial charge < -0.3 is 9.73 Å². The summed E-state index contributed by atoms with van der Waals surface area (Å²) < 4.78 is 5.46. The quantitative estimate of drug-likeness (QED) is 0.780. The molecule has 0 spiro atoms. The van der Waals surface area contributed by atoms with Gasteiger partial charge in [-0.15, -0.1) is 0 Å². The molecule has 3 aromatic rings. The Morgan fingerprint density at radius 3 is 2.67 bits per heavy atom. The van der Waals surface area contributed by atoms with Crippen LogP contribution in [0.2, 0.25) is 0 Å². The number of nitrogens with one attached hydrogen (secondary N) is 1. The molecule has 0 fully saturated rings. The number of aromatic nitrogens is 1. The van der Waals surface area contributed by atoms with Crippen LogP contribution >= 0.6 is 0 Å². The first kappa shape index (κ1) is 13.8. The molecule has 108 valence electrons. The number of rotatable bonds is 4. The van der Waals surface area contributed by atoms with Crippen LogP contribution in [0.1, 0.15) is 35.5 Å². The maximum atomic E-state index is 5.46. The molecule has 0 amide bonds. The monoisotopic (exact) mass is 280 g/mol. The van der Waals surface area contributed by atoms with Crippen LogP contribution in [-0.4, -0.2) is 11.5 Å². The van der Waals surface area contributed by atoms with Crippen molar-refractivity contribution < 1.29 is 4.42 Å². The minimum absolute atomic E-state index is 0.151. The van der Waals surface area contributed by atoms with Gasteiger partial charge in [-0.3, -0.25) is 4.98 Å². The van der Waals surface area contributed by atoms with Gasteiger partial charge in [0.1, 0.15) is 5.76 Å². The third-order valence-corrected chi connectivity index (χ3v) is 3.68. The molecular weight excluding hydrogens is 260 g/mol. The summed E-state index contributed by atoms with van der Waals surface area (Å²) >= 11 is 0. The summed E-state index contributed by atoms with van der Waals surface area (Å²) in [5.74, 6) is 0.936. The third-order valence-electron chi connectivity index (χ3n) is 3.68. The fourth-order valence-electron chi connectivity index (χ4n) is 2.67. The van der Waals surface area contributed by atoms with Crippen LogP contribution in [0.4, 0.5) is 0 Å². The number of aryl methyl sites for hydroxylation is 2. The topological polar surface area (TPSA) is 38.1 Å². The van der Waals surface area contributed by atoms with E-state index in [1.54, 1.807) is 0 Å². The predicted octanol–water partition coefficient (Wildman–Crippen LogP) is 4.14. The summed E-state index contributed by atoms with van der Waals surface area (Å²) in [6.45, 7) is 7.01. The molecule has 1 atom stereocenters. The number of hydrogen-bond acceptors (Lipinski definition) is 3. The van der Waals surface area contributed by atoms with Gasteiger partial charge in [-0.1, -0.05) is 19.1 Å². The normalized spacial score (nSPS) is 12.7. The van der Waals surface area contributed by atoms with Crippen molar-refractivity contribution in [1.82, 2.24) is 10.3 Å². The van der Waals surface area contributed by atoms with Crippen molar-refractivity contribution in [3.63, 3.8) is 0 Å². The zero-order valence-corrected chi connectivity index (χ0v) is 12.7. The Morgan fingerprint density at radius 1 is 1.10 bits per heavy atom. The largest absolute Gasteiger partial charge is 0.469 e. The lowest BCUT2D eigenvalue weighted by Gasteiger charge is -2.17. The molecular formula is C18H20N2O. The van der Waals surface area contributed by atoms with Gasteiger partial charge in [0.05, 0.1) is 17.8 Å². The second kappa shape index (κ2) is 5.70. The lowest BCUT2D eigenvalue weighted by Crippen LogP contribution is -2.21. The smallest absolute Gasteiger partial charge is 0.101 e. The third kappa shape index (κ3) is 2.83. The molecule has 1 N–H and O–H groups in total. The van der Waals surface area contributed by atoms with Gasteiger partial charge in [0, 0.05) is 16.6 Å². The van der Waals surface area contributed by atoms with Gasteiger partial charge in [0.15, 0.2) is 0 Å². The van der Waals surface area contributed by atoms with E-state index < -0.39 is 0 Å². The summed E-state index contributed by atoms with van der Waals surface area (Å²) in [4.78, 5) is 4.56. The highest BCUT2D eigenvalue weighted by atomic mass is 16.3. The van der Waals surface area contributed by atoms with E-state index in [1.807, 2.05) is 20.1 Å². The van der Waals surface area contributed by atoms with Crippen molar-refractivity contribution >= 4 is 10.9 Å². The van der Waals surface area contributed by atoms with Crippen molar-refractivity contribution in [3.8, 4) is 0 Å². The molecule has 3 heteroatoms. The van der Waals surface area contributed by atoms with Crippen molar-refractivity contribution in [2.24, 2.45) is 0 Å². The van der Waals surface area contributed by atoms with E-state index in [1.165, 1.54) is 10.9 Å². The molecule has 0 aliphatic heterocycles. The van der Waals surface area contributed by atoms with Crippen LogP contribution in [0.25, 0.3) is 10.9 Å². The second-order valence-corrected chi connectivity index (χ2v) is 5.39. The molecule has 2 heterocycles. The minimum Gasteiger partial charge on any atom is -0.469 e. The lowest BCUT2D eigenvalue weighted by atomic mass is 9.99. The fraction of sp³-hybridized carbons (Fsp3) is 0.278. The summed E-state index contributed by atoms with van der Waals surface area (Å²) in [7, 11) is 0.